The van der Waals surface area contributed by atoms with Gasteiger partial charge in [-0.2, -0.15) is 0 Å². The molecular formula is C12H15N5O4. The van der Waals surface area contributed by atoms with Crippen LogP contribution in [0.2, 0.25) is 0 Å². The third-order valence-electron chi connectivity index (χ3n) is 3.87. The highest BCUT2D eigenvalue weighted by Gasteiger charge is 2.49. The molecule has 3 rings (SSSR count). The molecule has 2 aromatic heterocycles. The van der Waals surface area contributed by atoms with Gasteiger partial charge >= 0.3 is 0 Å². The zero-order chi connectivity index (χ0) is 15.2. The van der Waals surface area contributed by atoms with Crippen molar-refractivity contribution >= 4 is 17.0 Å². The molecule has 1 aliphatic rings. The highest BCUT2D eigenvalue weighted by Crippen LogP contribution is 2.37. The molecule has 0 unspecified atom stereocenters. The molecule has 9 heteroatoms. The summed E-state index contributed by atoms with van der Waals surface area (Å²) in [7, 11) is 0. The number of nitrogens with two attached hydrogens (primary N) is 1. The Hall–Kier alpha value is -2.07. The first-order chi connectivity index (χ1) is 10.0. The van der Waals surface area contributed by atoms with E-state index in [-0.39, 0.29) is 11.4 Å². The minimum atomic E-state index is -1.37. The standard InChI is InChI=1S/C12H15N5O4/c13-10-7-11(15-4-14-10)17(5-16-7)12(3-19)1-6(2-18)8(20)9(12)21/h1,4-5,8-9,18-21H,2-3H2,(H2,13,14,15)/t8-,9-,12+/m1/s1. The Kier molecular flexibility index (Phi) is 3.14. The van der Waals surface area contributed by atoms with Crippen molar-refractivity contribution in [3.8, 4) is 0 Å². The molecule has 0 aliphatic heterocycles. The summed E-state index contributed by atoms with van der Waals surface area (Å²) < 4.78 is 1.43. The molecule has 9 nitrogen and oxygen atoms in total. The maximum Gasteiger partial charge on any atom is 0.166 e. The highest BCUT2D eigenvalue weighted by atomic mass is 16.3. The first-order valence-electron chi connectivity index (χ1n) is 6.28. The molecule has 0 aromatic carbocycles. The Balaban J connectivity index is 2.24. The molecule has 1 aliphatic carbocycles. The molecule has 21 heavy (non-hydrogen) atoms. The Bertz CT molecular complexity index is 715. The summed E-state index contributed by atoms with van der Waals surface area (Å²) in [5, 5.41) is 39.3. The fourth-order valence-electron chi connectivity index (χ4n) is 2.69. The van der Waals surface area contributed by atoms with Gasteiger partial charge < -0.3 is 30.7 Å². The third-order valence-corrected chi connectivity index (χ3v) is 3.87. The largest absolute Gasteiger partial charge is 0.393 e. The molecule has 0 bridgehead atoms. The van der Waals surface area contributed by atoms with Gasteiger partial charge in [0.05, 0.1) is 19.5 Å². The van der Waals surface area contributed by atoms with Crippen molar-refractivity contribution < 1.29 is 20.4 Å². The van der Waals surface area contributed by atoms with Crippen molar-refractivity contribution in [1.29, 1.82) is 0 Å². The molecule has 112 valence electrons. The predicted octanol–water partition coefficient (Wildman–Crippen LogP) is -2.25. The fourth-order valence-corrected chi connectivity index (χ4v) is 2.69. The van der Waals surface area contributed by atoms with E-state index in [1.54, 1.807) is 0 Å². The minimum Gasteiger partial charge on any atom is -0.393 e. The lowest BCUT2D eigenvalue weighted by atomic mass is 9.95. The van der Waals surface area contributed by atoms with E-state index in [4.69, 9.17) is 5.73 Å². The van der Waals surface area contributed by atoms with Gasteiger partial charge in [-0.05, 0) is 11.6 Å². The average molecular weight is 293 g/mol. The van der Waals surface area contributed by atoms with Crippen LogP contribution in [-0.2, 0) is 5.54 Å². The summed E-state index contributed by atoms with van der Waals surface area (Å²) in [4.78, 5) is 12.0. The monoisotopic (exact) mass is 293 g/mol. The molecule has 0 spiro atoms. The molecule has 0 saturated carbocycles. The van der Waals surface area contributed by atoms with Crippen LogP contribution in [0.3, 0.4) is 0 Å². The summed E-state index contributed by atoms with van der Waals surface area (Å²) in [6, 6.07) is 0. The number of hydrogen-bond acceptors (Lipinski definition) is 8. The normalized spacial score (nSPS) is 29.0. The fraction of sp³-hybridized carbons (Fsp3) is 0.417. The second-order valence-corrected chi connectivity index (χ2v) is 4.96. The average Bonchev–Trinajstić information content (AvgIpc) is 3.03. The SMILES string of the molecule is Nc1ncnc2c1ncn2[C@]1(CO)C=C(CO)[C@@H](O)[C@H]1O. The molecule has 3 atom stereocenters. The summed E-state index contributed by atoms with van der Waals surface area (Å²) in [5.74, 6) is 0.172. The smallest absolute Gasteiger partial charge is 0.166 e. The lowest BCUT2D eigenvalue weighted by Crippen LogP contribution is -2.48. The van der Waals surface area contributed by atoms with Crippen molar-refractivity contribution in [3.05, 3.63) is 24.3 Å². The van der Waals surface area contributed by atoms with Crippen molar-refractivity contribution in [1.82, 2.24) is 19.5 Å². The van der Waals surface area contributed by atoms with Crippen LogP contribution in [-0.4, -0.2) is 65.4 Å². The van der Waals surface area contributed by atoms with Gasteiger partial charge in [0.2, 0.25) is 0 Å². The lowest BCUT2D eigenvalue weighted by molar-refractivity contribution is -0.0288. The van der Waals surface area contributed by atoms with Crippen molar-refractivity contribution in [3.63, 3.8) is 0 Å². The van der Waals surface area contributed by atoms with E-state index < -0.39 is 31.0 Å². The van der Waals surface area contributed by atoms with Gasteiger partial charge in [0, 0.05) is 0 Å². The van der Waals surface area contributed by atoms with Crippen LogP contribution in [0.4, 0.5) is 5.82 Å². The van der Waals surface area contributed by atoms with E-state index in [0.29, 0.717) is 11.2 Å². The number of nitrogen functional groups attached to an aromatic ring is 1. The molecule has 0 saturated heterocycles. The van der Waals surface area contributed by atoms with Gasteiger partial charge in [-0.1, -0.05) is 0 Å². The molecule has 2 aromatic rings. The maximum absolute atomic E-state index is 10.3. The van der Waals surface area contributed by atoms with Crippen molar-refractivity contribution in [2.45, 2.75) is 17.7 Å². The maximum atomic E-state index is 10.3. The molecule has 0 amide bonds. The van der Waals surface area contributed by atoms with Gasteiger partial charge in [0.15, 0.2) is 11.5 Å². The van der Waals surface area contributed by atoms with E-state index in [1.807, 2.05) is 0 Å². The molecule has 0 fully saturated rings. The Morgan fingerprint density at radius 1 is 1.24 bits per heavy atom. The van der Waals surface area contributed by atoms with Gasteiger partial charge in [0.1, 0.15) is 29.6 Å². The van der Waals surface area contributed by atoms with Crippen molar-refractivity contribution in [2.24, 2.45) is 0 Å². The van der Waals surface area contributed by atoms with Crippen molar-refractivity contribution in [2.75, 3.05) is 18.9 Å². The zero-order valence-electron chi connectivity index (χ0n) is 11.0. The van der Waals surface area contributed by atoms with Gasteiger partial charge in [0.25, 0.3) is 0 Å². The topological polar surface area (TPSA) is 151 Å². The Morgan fingerprint density at radius 3 is 2.62 bits per heavy atom. The van der Waals surface area contributed by atoms with E-state index in [2.05, 4.69) is 15.0 Å². The van der Waals surface area contributed by atoms with Gasteiger partial charge in [-0.3, -0.25) is 0 Å². The van der Waals surface area contributed by atoms with E-state index in [9.17, 15) is 20.4 Å². The molecular weight excluding hydrogens is 278 g/mol. The van der Waals surface area contributed by atoms with Gasteiger partial charge in [-0.15, -0.1) is 0 Å². The third kappa shape index (κ3) is 1.75. The zero-order valence-corrected chi connectivity index (χ0v) is 11.0. The van der Waals surface area contributed by atoms with Gasteiger partial charge in [-0.25, -0.2) is 15.0 Å². The first-order valence-corrected chi connectivity index (χ1v) is 6.28. The summed E-state index contributed by atoms with van der Waals surface area (Å²) in [6.45, 7) is -0.937. The summed E-state index contributed by atoms with van der Waals surface area (Å²) >= 11 is 0. The number of nitrogens with zero attached hydrogens (tertiary/aromatic N) is 4. The number of anilines is 1. The minimum absolute atomic E-state index is 0.172. The number of rotatable bonds is 3. The number of aliphatic hydroxyl groups excluding tert-OH is 4. The number of fused-ring (bicyclic) bond motifs is 1. The second kappa shape index (κ2) is 4.74. The number of hydrogen-bond donors (Lipinski definition) is 5. The quantitative estimate of drug-likeness (QED) is 0.398. The van der Waals surface area contributed by atoms with Crippen LogP contribution in [0.5, 0.6) is 0 Å². The highest BCUT2D eigenvalue weighted by molar-refractivity contribution is 5.81. The number of aromatic nitrogens is 4. The molecule has 2 heterocycles. The van der Waals surface area contributed by atoms with Crippen LogP contribution in [0, 0.1) is 0 Å². The van der Waals surface area contributed by atoms with E-state index in [1.165, 1.54) is 23.3 Å². The lowest BCUT2D eigenvalue weighted by Gasteiger charge is -2.32. The predicted molar refractivity (Wildman–Crippen MR) is 72.0 cm³/mol. The van der Waals surface area contributed by atoms with E-state index >= 15 is 0 Å². The van der Waals surface area contributed by atoms with Crippen LogP contribution >= 0.6 is 0 Å². The summed E-state index contributed by atoms with van der Waals surface area (Å²) in [6.07, 6.45) is 1.41. The summed E-state index contributed by atoms with van der Waals surface area (Å²) in [5.41, 5.74) is 5.22. The number of aliphatic hydroxyl groups is 4. The Labute approximate surface area is 119 Å². The van der Waals surface area contributed by atoms with E-state index in [0.717, 1.165) is 0 Å². The van der Waals surface area contributed by atoms with Crippen LogP contribution < -0.4 is 5.73 Å². The number of imidazole rings is 1. The molecule has 0 radical (unpaired) electrons. The molecule has 6 N–H and O–H groups in total. The second-order valence-electron chi connectivity index (χ2n) is 4.96. The first kappa shape index (κ1) is 13.9. The van der Waals surface area contributed by atoms with Crippen LogP contribution in [0.25, 0.3) is 11.2 Å². The van der Waals surface area contributed by atoms with Crippen LogP contribution in [0.15, 0.2) is 24.3 Å². The van der Waals surface area contributed by atoms with Crippen LogP contribution in [0.1, 0.15) is 0 Å². The Morgan fingerprint density at radius 2 is 2.00 bits per heavy atom.